The van der Waals surface area contributed by atoms with E-state index in [9.17, 15) is 4.79 Å². The van der Waals surface area contributed by atoms with Crippen molar-refractivity contribution in [2.75, 3.05) is 25.5 Å². The lowest BCUT2D eigenvalue weighted by molar-refractivity contribution is -0.118. The lowest BCUT2D eigenvalue weighted by Gasteiger charge is -2.28. The number of para-hydroxylation sites is 2. The molecule has 0 spiro atoms. The number of rotatable bonds is 3. The van der Waals surface area contributed by atoms with Crippen LogP contribution >= 0.6 is 0 Å². The molecule has 1 aromatic rings. The summed E-state index contributed by atoms with van der Waals surface area (Å²) in [6, 6.07) is 7.59. The minimum absolute atomic E-state index is 0.0427. The monoisotopic (exact) mass is 249 g/mol. The highest BCUT2D eigenvalue weighted by atomic mass is 16.5. The first-order valence-corrected chi connectivity index (χ1v) is 6.11. The topological polar surface area (TPSA) is 62.4 Å². The number of ether oxygens (including phenoxy) is 1. The molecule has 1 fully saturated rings. The van der Waals surface area contributed by atoms with Crippen LogP contribution in [-0.4, -0.2) is 38.2 Å². The van der Waals surface area contributed by atoms with Crippen molar-refractivity contribution >= 4 is 11.6 Å². The summed E-state index contributed by atoms with van der Waals surface area (Å²) < 4.78 is 5.20. The molecule has 0 radical (unpaired) electrons. The van der Waals surface area contributed by atoms with Gasteiger partial charge in [0.05, 0.1) is 18.8 Å². The van der Waals surface area contributed by atoms with Gasteiger partial charge in [-0.15, -0.1) is 0 Å². The second-order valence-electron chi connectivity index (χ2n) is 4.46. The molecule has 1 aromatic carbocycles. The van der Waals surface area contributed by atoms with Crippen molar-refractivity contribution in [2.24, 2.45) is 0 Å². The molecule has 0 aliphatic carbocycles. The summed E-state index contributed by atoms with van der Waals surface area (Å²) in [6.07, 6.45) is 0. The first-order chi connectivity index (χ1) is 8.70. The van der Waals surface area contributed by atoms with Crippen LogP contribution in [0.2, 0.25) is 0 Å². The number of benzene rings is 1. The predicted molar refractivity (Wildman–Crippen MR) is 70.9 cm³/mol. The van der Waals surface area contributed by atoms with E-state index in [2.05, 4.69) is 22.9 Å². The number of anilines is 1. The molecule has 2 rings (SSSR count). The fraction of sp³-hybridized carbons (Fsp3) is 0.462. The van der Waals surface area contributed by atoms with E-state index < -0.39 is 0 Å². The number of hydrogen-bond acceptors (Lipinski definition) is 4. The van der Waals surface area contributed by atoms with Crippen molar-refractivity contribution < 1.29 is 9.53 Å². The fourth-order valence-electron chi connectivity index (χ4n) is 1.94. The van der Waals surface area contributed by atoms with E-state index in [0.717, 1.165) is 6.54 Å². The first kappa shape index (κ1) is 12.9. The van der Waals surface area contributed by atoms with E-state index in [1.807, 2.05) is 24.3 Å². The average molecular weight is 249 g/mol. The fourth-order valence-corrected chi connectivity index (χ4v) is 1.94. The van der Waals surface area contributed by atoms with Crippen LogP contribution < -0.4 is 20.7 Å². The standard InChI is InChI=1S/C13H19N3O2/c1-9-7-15-11(8-14-9)13(17)16-10-5-3-4-6-12(10)18-2/h3-6,9,11,14-15H,7-8H2,1-2H3,(H,16,17). The highest BCUT2D eigenvalue weighted by Crippen LogP contribution is 2.23. The van der Waals surface area contributed by atoms with Crippen LogP contribution in [0.4, 0.5) is 5.69 Å². The van der Waals surface area contributed by atoms with Crippen LogP contribution in [0.15, 0.2) is 24.3 Å². The molecule has 1 aliphatic heterocycles. The molecule has 2 atom stereocenters. The third kappa shape index (κ3) is 3.00. The first-order valence-electron chi connectivity index (χ1n) is 6.11. The Hall–Kier alpha value is -1.59. The van der Waals surface area contributed by atoms with E-state index in [1.165, 1.54) is 0 Å². The average Bonchev–Trinajstić information content (AvgIpc) is 2.40. The van der Waals surface area contributed by atoms with Gasteiger partial charge in [-0.05, 0) is 19.1 Å². The molecule has 0 bridgehead atoms. The zero-order valence-electron chi connectivity index (χ0n) is 10.7. The van der Waals surface area contributed by atoms with Gasteiger partial charge in [0.2, 0.25) is 5.91 Å². The molecule has 1 heterocycles. The molecule has 5 nitrogen and oxygen atoms in total. The minimum Gasteiger partial charge on any atom is -0.495 e. The van der Waals surface area contributed by atoms with Gasteiger partial charge in [-0.3, -0.25) is 4.79 Å². The summed E-state index contributed by atoms with van der Waals surface area (Å²) in [5.74, 6) is 0.627. The zero-order valence-corrected chi connectivity index (χ0v) is 10.7. The second-order valence-corrected chi connectivity index (χ2v) is 4.46. The lowest BCUT2D eigenvalue weighted by Crippen LogP contribution is -2.57. The maximum absolute atomic E-state index is 12.1. The Labute approximate surface area is 107 Å². The summed E-state index contributed by atoms with van der Waals surface area (Å²) >= 11 is 0. The number of hydrogen-bond donors (Lipinski definition) is 3. The van der Waals surface area contributed by atoms with Crippen LogP contribution in [0.1, 0.15) is 6.92 Å². The van der Waals surface area contributed by atoms with Crippen LogP contribution in [0.3, 0.4) is 0 Å². The van der Waals surface area contributed by atoms with E-state index in [4.69, 9.17) is 4.74 Å². The third-order valence-electron chi connectivity index (χ3n) is 3.02. The number of methoxy groups -OCH3 is 1. The Morgan fingerprint density at radius 3 is 2.78 bits per heavy atom. The summed E-state index contributed by atoms with van der Waals surface area (Å²) in [5, 5.41) is 9.36. The number of carbonyl (C=O) groups is 1. The van der Waals surface area contributed by atoms with Gasteiger partial charge in [-0.25, -0.2) is 0 Å². The van der Waals surface area contributed by atoms with Crippen molar-refractivity contribution in [3.8, 4) is 5.75 Å². The molecule has 0 saturated carbocycles. The van der Waals surface area contributed by atoms with Crippen LogP contribution in [0, 0.1) is 0 Å². The zero-order chi connectivity index (χ0) is 13.0. The number of nitrogens with one attached hydrogen (secondary N) is 3. The normalized spacial score (nSPS) is 23.4. The Morgan fingerprint density at radius 2 is 2.11 bits per heavy atom. The summed E-state index contributed by atoms with van der Waals surface area (Å²) in [7, 11) is 1.59. The molecule has 0 aromatic heterocycles. The van der Waals surface area contributed by atoms with E-state index in [0.29, 0.717) is 24.0 Å². The SMILES string of the molecule is COc1ccccc1NC(=O)C1CNC(C)CN1. The van der Waals surface area contributed by atoms with Gasteiger partial charge >= 0.3 is 0 Å². The molecule has 98 valence electrons. The summed E-state index contributed by atoms with van der Waals surface area (Å²) in [4.78, 5) is 12.1. The van der Waals surface area contributed by atoms with Crippen LogP contribution in [0.5, 0.6) is 5.75 Å². The summed E-state index contributed by atoms with van der Waals surface area (Å²) in [5.41, 5.74) is 0.699. The van der Waals surface area contributed by atoms with Gasteiger partial charge in [0.1, 0.15) is 5.75 Å². The quantitative estimate of drug-likeness (QED) is 0.733. The maximum atomic E-state index is 12.1. The molecular formula is C13H19N3O2. The van der Waals surface area contributed by atoms with Gasteiger partial charge in [0, 0.05) is 19.1 Å². The maximum Gasteiger partial charge on any atom is 0.242 e. The van der Waals surface area contributed by atoms with E-state index >= 15 is 0 Å². The van der Waals surface area contributed by atoms with Gasteiger partial charge < -0.3 is 20.7 Å². The van der Waals surface area contributed by atoms with Gasteiger partial charge in [0.25, 0.3) is 0 Å². The Balaban J connectivity index is 1.98. The van der Waals surface area contributed by atoms with Crippen molar-refractivity contribution in [2.45, 2.75) is 19.0 Å². The van der Waals surface area contributed by atoms with Crippen molar-refractivity contribution in [1.82, 2.24) is 10.6 Å². The highest BCUT2D eigenvalue weighted by molar-refractivity contribution is 5.96. The number of piperazine rings is 1. The molecule has 1 amide bonds. The molecule has 3 N–H and O–H groups in total. The summed E-state index contributed by atoms with van der Waals surface area (Å²) in [6.45, 7) is 3.52. The Bertz CT molecular complexity index is 414. The highest BCUT2D eigenvalue weighted by Gasteiger charge is 2.23. The molecule has 2 unspecified atom stereocenters. The van der Waals surface area contributed by atoms with E-state index in [1.54, 1.807) is 7.11 Å². The molecular weight excluding hydrogens is 230 g/mol. The Morgan fingerprint density at radius 1 is 1.33 bits per heavy atom. The van der Waals surface area contributed by atoms with Gasteiger partial charge in [-0.1, -0.05) is 12.1 Å². The molecule has 1 saturated heterocycles. The number of carbonyl (C=O) groups excluding carboxylic acids is 1. The van der Waals surface area contributed by atoms with Gasteiger partial charge in [0.15, 0.2) is 0 Å². The minimum atomic E-state index is -0.203. The molecule has 1 aliphatic rings. The van der Waals surface area contributed by atoms with Crippen LogP contribution in [-0.2, 0) is 4.79 Å². The third-order valence-corrected chi connectivity index (χ3v) is 3.02. The smallest absolute Gasteiger partial charge is 0.242 e. The number of amides is 1. The van der Waals surface area contributed by atoms with Crippen molar-refractivity contribution in [3.63, 3.8) is 0 Å². The van der Waals surface area contributed by atoms with Gasteiger partial charge in [-0.2, -0.15) is 0 Å². The lowest BCUT2D eigenvalue weighted by atomic mass is 10.1. The van der Waals surface area contributed by atoms with Crippen molar-refractivity contribution in [1.29, 1.82) is 0 Å². The van der Waals surface area contributed by atoms with E-state index in [-0.39, 0.29) is 11.9 Å². The predicted octanol–water partition coefficient (Wildman–Crippen LogP) is 0.584. The van der Waals surface area contributed by atoms with Crippen molar-refractivity contribution in [3.05, 3.63) is 24.3 Å². The Kier molecular flexibility index (Phi) is 4.17. The molecule has 5 heteroatoms. The second kappa shape index (κ2) is 5.84. The molecule has 18 heavy (non-hydrogen) atoms. The largest absolute Gasteiger partial charge is 0.495 e. The van der Waals surface area contributed by atoms with Crippen LogP contribution in [0.25, 0.3) is 0 Å².